The molecule has 1 aromatic carbocycles. The highest BCUT2D eigenvalue weighted by Gasteiger charge is 2.17. The van der Waals surface area contributed by atoms with Crippen LogP contribution in [0, 0.1) is 0 Å². The predicted octanol–water partition coefficient (Wildman–Crippen LogP) is 4.78. The summed E-state index contributed by atoms with van der Waals surface area (Å²) in [5.41, 5.74) is 4.93. The second-order valence-electron chi connectivity index (χ2n) is 5.37. The molecule has 4 heteroatoms. The van der Waals surface area contributed by atoms with E-state index in [1.807, 2.05) is 12.1 Å². The zero-order valence-electron chi connectivity index (χ0n) is 12.6. The number of allylic oxidation sites excluding steroid dienone is 1. The molecule has 2 nitrogen and oxygen atoms in total. The number of halogens is 2. The Morgan fingerprint density at radius 3 is 2.67 bits per heavy atom. The third-order valence-electron chi connectivity index (χ3n) is 3.86. The van der Waals surface area contributed by atoms with E-state index in [1.54, 1.807) is 0 Å². The van der Waals surface area contributed by atoms with Crippen molar-refractivity contribution < 1.29 is 0 Å². The number of rotatable bonds is 4. The van der Waals surface area contributed by atoms with Gasteiger partial charge in [0.25, 0.3) is 0 Å². The molecule has 0 saturated carbocycles. The summed E-state index contributed by atoms with van der Waals surface area (Å²) in [6, 6.07) is 8.16. The lowest BCUT2D eigenvalue weighted by Crippen LogP contribution is -2.33. The minimum Gasteiger partial charge on any atom is -0.311 e. The molecule has 1 aliphatic rings. The first kappa shape index (κ1) is 16.5. The maximum Gasteiger partial charge on any atom is 0.0750 e. The second kappa shape index (κ2) is 7.98. The van der Waals surface area contributed by atoms with Crippen molar-refractivity contribution >= 4 is 28.9 Å². The highest BCUT2D eigenvalue weighted by atomic mass is 35.5. The SMILES string of the molecule is CCC(N=C1CNCC/C1=C(/C)CCl)c1ccc(Cl)cc1. The molecule has 1 heterocycles. The summed E-state index contributed by atoms with van der Waals surface area (Å²) in [5, 5.41) is 4.17. The summed E-state index contributed by atoms with van der Waals surface area (Å²) < 4.78 is 0. The van der Waals surface area contributed by atoms with Crippen molar-refractivity contribution in [1.29, 1.82) is 0 Å². The molecule has 114 valence electrons. The Bertz CT molecular complexity index is 532. The van der Waals surface area contributed by atoms with Gasteiger partial charge < -0.3 is 5.32 Å². The Labute approximate surface area is 137 Å². The Kier molecular flexibility index (Phi) is 6.28. The average Bonchev–Trinajstić information content (AvgIpc) is 2.53. The van der Waals surface area contributed by atoms with Crippen molar-refractivity contribution in [3.63, 3.8) is 0 Å². The van der Waals surface area contributed by atoms with Gasteiger partial charge in [0, 0.05) is 17.4 Å². The monoisotopic (exact) mass is 324 g/mol. The minimum absolute atomic E-state index is 0.176. The van der Waals surface area contributed by atoms with Crippen LogP contribution in [-0.4, -0.2) is 24.7 Å². The molecule has 1 N–H and O–H groups in total. The largest absolute Gasteiger partial charge is 0.311 e. The Balaban J connectivity index is 2.31. The van der Waals surface area contributed by atoms with Crippen molar-refractivity contribution in [3.8, 4) is 0 Å². The zero-order chi connectivity index (χ0) is 15.2. The van der Waals surface area contributed by atoms with Crippen LogP contribution in [0.25, 0.3) is 0 Å². The number of alkyl halides is 1. The number of nitrogens with one attached hydrogen (secondary N) is 1. The van der Waals surface area contributed by atoms with E-state index in [0.717, 1.165) is 36.7 Å². The van der Waals surface area contributed by atoms with Crippen molar-refractivity contribution in [1.82, 2.24) is 5.32 Å². The molecule has 0 aliphatic carbocycles. The lowest BCUT2D eigenvalue weighted by atomic mass is 9.97. The van der Waals surface area contributed by atoms with Crippen LogP contribution >= 0.6 is 23.2 Å². The van der Waals surface area contributed by atoms with Crippen LogP contribution in [-0.2, 0) is 0 Å². The third kappa shape index (κ3) is 4.32. The maximum atomic E-state index is 6.01. The van der Waals surface area contributed by atoms with Gasteiger partial charge in [0.1, 0.15) is 0 Å². The molecule has 0 radical (unpaired) electrons. The topological polar surface area (TPSA) is 24.4 Å². The van der Waals surface area contributed by atoms with Crippen molar-refractivity contribution in [2.75, 3.05) is 19.0 Å². The standard InChI is InChI=1S/C17H22Cl2N2/c1-3-16(13-4-6-14(19)7-5-13)21-17-11-20-9-8-15(17)12(2)10-18/h4-7,16,20H,3,8-11H2,1-2H3/b15-12+,21-17?. The molecule has 0 spiro atoms. The van der Waals surface area contributed by atoms with E-state index in [0.29, 0.717) is 5.88 Å². The summed E-state index contributed by atoms with van der Waals surface area (Å²) in [4.78, 5) is 5.00. The van der Waals surface area contributed by atoms with Crippen LogP contribution in [0.2, 0.25) is 5.02 Å². The zero-order valence-corrected chi connectivity index (χ0v) is 14.1. The highest BCUT2D eigenvalue weighted by molar-refractivity contribution is 6.30. The van der Waals surface area contributed by atoms with Gasteiger partial charge in [-0.05, 0) is 49.6 Å². The summed E-state index contributed by atoms with van der Waals surface area (Å²) in [6.07, 6.45) is 1.98. The van der Waals surface area contributed by atoms with Gasteiger partial charge in [-0.25, -0.2) is 0 Å². The Morgan fingerprint density at radius 2 is 2.05 bits per heavy atom. The summed E-state index contributed by atoms with van der Waals surface area (Å²) >= 11 is 12.0. The smallest absolute Gasteiger partial charge is 0.0750 e. The van der Waals surface area contributed by atoms with Gasteiger partial charge in [-0.1, -0.05) is 36.2 Å². The van der Waals surface area contributed by atoms with Crippen LogP contribution in [0.15, 0.2) is 40.4 Å². The quantitative estimate of drug-likeness (QED) is 0.792. The minimum atomic E-state index is 0.176. The lowest BCUT2D eigenvalue weighted by molar-refractivity contribution is 0.677. The molecule has 1 aromatic rings. The molecule has 1 saturated heterocycles. The molecular formula is C17H22Cl2N2. The van der Waals surface area contributed by atoms with Gasteiger partial charge in [0.2, 0.25) is 0 Å². The number of piperidine rings is 1. The first-order chi connectivity index (χ1) is 10.2. The molecule has 1 aliphatic heterocycles. The van der Waals surface area contributed by atoms with Gasteiger partial charge in [-0.3, -0.25) is 4.99 Å². The Morgan fingerprint density at radius 1 is 1.33 bits per heavy atom. The molecule has 21 heavy (non-hydrogen) atoms. The van der Waals surface area contributed by atoms with Crippen LogP contribution in [0.5, 0.6) is 0 Å². The molecule has 2 rings (SSSR count). The summed E-state index contributed by atoms with van der Waals surface area (Å²) in [6.45, 7) is 6.10. The third-order valence-corrected chi connectivity index (χ3v) is 4.51. The predicted molar refractivity (Wildman–Crippen MR) is 92.8 cm³/mol. The molecule has 1 fully saturated rings. The fraction of sp³-hybridized carbons (Fsp3) is 0.471. The van der Waals surface area contributed by atoms with Crippen LogP contribution < -0.4 is 5.32 Å². The Hall–Kier alpha value is -0.830. The molecule has 0 aromatic heterocycles. The maximum absolute atomic E-state index is 6.01. The van der Waals surface area contributed by atoms with Crippen molar-refractivity contribution in [2.45, 2.75) is 32.7 Å². The number of benzene rings is 1. The van der Waals surface area contributed by atoms with E-state index in [2.05, 4.69) is 31.3 Å². The molecule has 1 unspecified atom stereocenters. The molecule has 1 atom stereocenters. The van der Waals surface area contributed by atoms with Gasteiger partial charge in [0.05, 0.1) is 11.8 Å². The average molecular weight is 325 g/mol. The van der Waals surface area contributed by atoms with E-state index in [4.69, 9.17) is 28.2 Å². The molecular weight excluding hydrogens is 303 g/mol. The van der Waals surface area contributed by atoms with Crippen molar-refractivity contribution in [2.24, 2.45) is 4.99 Å². The second-order valence-corrected chi connectivity index (χ2v) is 6.07. The highest BCUT2D eigenvalue weighted by Crippen LogP contribution is 2.25. The molecule has 0 bridgehead atoms. The van der Waals surface area contributed by atoms with Crippen LogP contribution in [0.1, 0.15) is 38.3 Å². The number of aliphatic imine (C=N–C) groups is 1. The first-order valence-corrected chi connectivity index (χ1v) is 8.34. The van der Waals surface area contributed by atoms with E-state index < -0.39 is 0 Å². The van der Waals surface area contributed by atoms with Gasteiger partial charge in [0.15, 0.2) is 0 Å². The first-order valence-electron chi connectivity index (χ1n) is 7.43. The fourth-order valence-corrected chi connectivity index (χ4v) is 2.90. The van der Waals surface area contributed by atoms with Crippen molar-refractivity contribution in [3.05, 3.63) is 46.0 Å². The number of hydrogen-bond donors (Lipinski definition) is 1. The van der Waals surface area contributed by atoms with Gasteiger partial charge >= 0.3 is 0 Å². The molecule has 0 amide bonds. The number of hydrogen-bond acceptors (Lipinski definition) is 2. The fourth-order valence-electron chi connectivity index (χ4n) is 2.61. The summed E-state index contributed by atoms with van der Waals surface area (Å²) in [7, 11) is 0. The van der Waals surface area contributed by atoms with E-state index in [-0.39, 0.29) is 6.04 Å². The normalized spacial score (nSPS) is 21.4. The van der Waals surface area contributed by atoms with Gasteiger partial charge in [-0.15, -0.1) is 11.6 Å². The van der Waals surface area contributed by atoms with E-state index >= 15 is 0 Å². The van der Waals surface area contributed by atoms with E-state index in [1.165, 1.54) is 16.7 Å². The van der Waals surface area contributed by atoms with Crippen LogP contribution in [0.4, 0.5) is 0 Å². The van der Waals surface area contributed by atoms with Crippen LogP contribution in [0.3, 0.4) is 0 Å². The van der Waals surface area contributed by atoms with Gasteiger partial charge in [-0.2, -0.15) is 0 Å². The summed E-state index contributed by atoms with van der Waals surface area (Å²) in [5.74, 6) is 0.575. The number of nitrogens with zero attached hydrogens (tertiary/aromatic N) is 1. The lowest BCUT2D eigenvalue weighted by Gasteiger charge is -2.23. The van der Waals surface area contributed by atoms with E-state index in [9.17, 15) is 0 Å².